The Labute approximate surface area is 189 Å². The zero-order valence-corrected chi connectivity index (χ0v) is 18.7. The third-order valence-corrected chi connectivity index (χ3v) is 5.90. The number of rotatable bonds is 7. The summed E-state index contributed by atoms with van der Waals surface area (Å²) in [7, 11) is 0. The zero-order chi connectivity index (χ0) is 22.3. The number of anilines is 1. The minimum atomic E-state index is 0.0306. The number of aromatic nitrogens is 2. The lowest BCUT2D eigenvalue weighted by atomic mass is 9.95. The molecule has 3 aromatic rings. The molecule has 4 rings (SSSR count). The molecule has 0 saturated carbocycles. The predicted octanol–water partition coefficient (Wildman–Crippen LogP) is 4.93. The molecule has 6 heteroatoms. The summed E-state index contributed by atoms with van der Waals surface area (Å²) >= 11 is 0. The van der Waals surface area contributed by atoms with E-state index in [-0.39, 0.29) is 11.8 Å². The number of para-hydroxylation sites is 1. The zero-order valence-electron chi connectivity index (χ0n) is 18.7. The second kappa shape index (κ2) is 10.3. The van der Waals surface area contributed by atoms with E-state index in [9.17, 15) is 4.79 Å². The van der Waals surface area contributed by atoms with Gasteiger partial charge in [-0.2, -0.15) is 0 Å². The maximum Gasteiger partial charge on any atom is 0.224 e. The van der Waals surface area contributed by atoms with Crippen LogP contribution in [0.4, 0.5) is 5.82 Å². The van der Waals surface area contributed by atoms with Crippen molar-refractivity contribution in [3.8, 4) is 11.6 Å². The molecular formula is C26H30N4O2. The van der Waals surface area contributed by atoms with E-state index >= 15 is 0 Å². The number of ether oxygens (including phenoxy) is 1. The molecule has 2 aromatic carbocycles. The lowest BCUT2D eigenvalue weighted by Gasteiger charge is -2.32. The minimum Gasteiger partial charge on any atom is -0.439 e. The molecule has 2 heterocycles. The van der Waals surface area contributed by atoms with E-state index in [1.165, 1.54) is 11.9 Å². The first-order chi connectivity index (χ1) is 15.6. The molecule has 0 radical (unpaired) electrons. The van der Waals surface area contributed by atoms with Gasteiger partial charge in [-0.15, -0.1) is 0 Å². The van der Waals surface area contributed by atoms with Crippen LogP contribution in [0.5, 0.6) is 11.6 Å². The lowest BCUT2D eigenvalue weighted by Crippen LogP contribution is -2.40. The van der Waals surface area contributed by atoms with Gasteiger partial charge in [0.25, 0.3) is 0 Å². The number of nitrogens with zero attached hydrogens (tertiary/aromatic N) is 3. The summed E-state index contributed by atoms with van der Waals surface area (Å²) < 4.78 is 5.82. The number of carbonyl (C=O) groups is 1. The third kappa shape index (κ3) is 5.63. The van der Waals surface area contributed by atoms with Gasteiger partial charge in [-0.1, -0.05) is 56.3 Å². The Morgan fingerprint density at radius 3 is 2.47 bits per heavy atom. The van der Waals surface area contributed by atoms with Gasteiger partial charge in [0.1, 0.15) is 17.9 Å². The maximum absolute atomic E-state index is 12.7. The van der Waals surface area contributed by atoms with Crippen molar-refractivity contribution >= 4 is 11.7 Å². The first-order valence-corrected chi connectivity index (χ1v) is 11.2. The van der Waals surface area contributed by atoms with Crippen LogP contribution in [0.15, 0.2) is 67.0 Å². The molecule has 166 valence electrons. The summed E-state index contributed by atoms with van der Waals surface area (Å²) in [6.07, 6.45) is 3.13. The summed E-state index contributed by atoms with van der Waals surface area (Å²) in [5.74, 6) is 2.77. The van der Waals surface area contributed by atoms with E-state index in [1.807, 2.05) is 36.4 Å². The molecular weight excluding hydrogens is 400 g/mol. The van der Waals surface area contributed by atoms with Gasteiger partial charge in [-0.3, -0.25) is 4.79 Å². The number of hydrogen-bond acceptors (Lipinski definition) is 5. The molecule has 0 bridgehead atoms. The van der Waals surface area contributed by atoms with Gasteiger partial charge in [0, 0.05) is 31.6 Å². The number of carbonyl (C=O) groups excluding carboxylic acids is 1. The summed E-state index contributed by atoms with van der Waals surface area (Å²) in [4.78, 5) is 23.5. The largest absolute Gasteiger partial charge is 0.439 e. The average molecular weight is 431 g/mol. The van der Waals surface area contributed by atoms with Gasteiger partial charge in [0.2, 0.25) is 11.8 Å². The van der Waals surface area contributed by atoms with Gasteiger partial charge in [-0.05, 0) is 42.0 Å². The summed E-state index contributed by atoms with van der Waals surface area (Å²) in [5, 5.41) is 3.11. The summed E-state index contributed by atoms with van der Waals surface area (Å²) in [6.45, 7) is 6.50. The van der Waals surface area contributed by atoms with Crippen LogP contribution in [-0.2, 0) is 11.3 Å². The molecule has 6 nitrogen and oxygen atoms in total. The average Bonchev–Trinajstić information content (AvgIpc) is 2.84. The van der Waals surface area contributed by atoms with Crippen LogP contribution in [0.1, 0.15) is 43.7 Å². The number of hydrogen-bond donors (Lipinski definition) is 1. The first kappa shape index (κ1) is 21.8. The molecule has 0 unspecified atom stereocenters. The molecule has 1 aromatic heterocycles. The van der Waals surface area contributed by atoms with E-state index in [0.717, 1.165) is 43.1 Å². The molecule has 32 heavy (non-hydrogen) atoms. The Bertz CT molecular complexity index is 1010. The monoisotopic (exact) mass is 430 g/mol. The van der Waals surface area contributed by atoms with Crippen molar-refractivity contribution < 1.29 is 9.53 Å². The van der Waals surface area contributed by atoms with Crippen molar-refractivity contribution in [2.75, 3.05) is 18.0 Å². The highest BCUT2D eigenvalue weighted by Crippen LogP contribution is 2.26. The van der Waals surface area contributed by atoms with Crippen molar-refractivity contribution in [3.05, 3.63) is 78.1 Å². The third-order valence-electron chi connectivity index (χ3n) is 5.90. The second-order valence-corrected chi connectivity index (χ2v) is 8.50. The van der Waals surface area contributed by atoms with E-state index in [4.69, 9.17) is 4.74 Å². The molecule has 1 aliphatic heterocycles. The maximum atomic E-state index is 12.7. The Kier molecular flexibility index (Phi) is 7.00. The molecule has 1 N–H and O–H groups in total. The van der Waals surface area contributed by atoms with Crippen LogP contribution in [0.3, 0.4) is 0 Å². The van der Waals surface area contributed by atoms with Gasteiger partial charge in [0.15, 0.2) is 0 Å². The molecule has 0 atom stereocenters. The number of piperidine rings is 1. The SMILES string of the molecule is CC(C)c1ccc(CNC(=O)C2CCN(c3cc(Oc4ccccc4)ncn3)CC2)cc1. The Morgan fingerprint density at radius 2 is 1.78 bits per heavy atom. The fraction of sp³-hybridized carbons (Fsp3) is 0.346. The van der Waals surface area contributed by atoms with E-state index in [2.05, 4.69) is 58.3 Å². The van der Waals surface area contributed by atoms with Crippen LogP contribution in [0.2, 0.25) is 0 Å². The highest BCUT2D eigenvalue weighted by atomic mass is 16.5. The van der Waals surface area contributed by atoms with Gasteiger partial charge in [-0.25, -0.2) is 9.97 Å². The van der Waals surface area contributed by atoms with Crippen molar-refractivity contribution in [2.45, 2.75) is 39.2 Å². The normalized spacial score (nSPS) is 14.4. The fourth-order valence-corrected chi connectivity index (χ4v) is 3.89. The summed E-state index contributed by atoms with van der Waals surface area (Å²) in [5.41, 5.74) is 2.45. The lowest BCUT2D eigenvalue weighted by molar-refractivity contribution is -0.125. The van der Waals surface area contributed by atoms with Gasteiger partial charge < -0.3 is 15.0 Å². The fourth-order valence-electron chi connectivity index (χ4n) is 3.89. The predicted molar refractivity (Wildman–Crippen MR) is 126 cm³/mol. The van der Waals surface area contributed by atoms with E-state index in [1.54, 1.807) is 0 Å². The van der Waals surface area contributed by atoms with Crippen molar-refractivity contribution in [1.29, 1.82) is 0 Å². The summed E-state index contributed by atoms with van der Waals surface area (Å²) in [6, 6.07) is 19.9. The van der Waals surface area contributed by atoms with Crippen molar-refractivity contribution in [3.63, 3.8) is 0 Å². The second-order valence-electron chi connectivity index (χ2n) is 8.50. The number of amides is 1. The van der Waals surface area contributed by atoms with Crippen molar-refractivity contribution in [1.82, 2.24) is 15.3 Å². The smallest absolute Gasteiger partial charge is 0.224 e. The standard InChI is InChI=1S/C26H30N4O2/c1-19(2)21-10-8-20(9-11-21)17-27-26(31)22-12-14-30(15-13-22)24-16-25(29-18-28-24)32-23-6-4-3-5-7-23/h3-11,16,18-19,22H,12-15,17H2,1-2H3,(H,27,31). The number of benzene rings is 2. The Balaban J connectivity index is 1.27. The van der Waals surface area contributed by atoms with Crippen LogP contribution in [0.25, 0.3) is 0 Å². The van der Waals surface area contributed by atoms with E-state index in [0.29, 0.717) is 18.3 Å². The number of nitrogens with one attached hydrogen (secondary N) is 1. The molecule has 0 spiro atoms. The first-order valence-electron chi connectivity index (χ1n) is 11.2. The van der Waals surface area contributed by atoms with Crippen LogP contribution in [0, 0.1) is 5.92 Å². The Morgan fingerprint density at radius 1 is 1.06 bits per heavy atom. The highest BCUT2D eigenvalue weighted by Gasteiger charge is 2.25. The quantitative estimate of drug-likeness (QED) is 0.576. The van der Waals surface area contributed by atoms with Crippen LogP contribution >= 0.6 is 0 Å². The topological polar surface area (TPSA) is 67.4 Å². The van der Waals surface area contributed by atoms with Gasteiger partial charge >= 0.3 is 0 Å². The molecule has 1 aliphatic rings. The van der Waals surface area contributed by atoms with Crippen LogP contribution in [-0.4, -0.2) is 29.0 Å². The Hall–Kier alpha value is -3.41. The molecule has 1 amide bonds. The molecule has 1 fully saturated rings. The van der Waals surface area contributed by atoms with Gasteiger partial charge in [0.05, 0.1) is 0 Å². The molecule has 0 aliphatic carbocycles. The van der Waals surface area contributed by atoms with Crippen molar-refractivity contribution in [2.24, 2.45) is 5.92 Å². The minimum absolute atomic E-state index is 0.0306. The highest BCUT2D eigenvalue weighted by molar-refractivity contribution is 5.79. The van der Waals surface area contributed by atoms with Crippen LogP contribution < -0.4 is 15.0 Å². The molecule has 1 saturated heterocycles. The van der Waals surface area contributed by atoms with E-state index < -0.39 is 0 Å².